The van der Waals surface area contributed by atoms with Crippen LogP contribution in [0.15, 0.2) is 60.7 Å². The van der Waals surface area contributed by atoms with Crippen molar-refractivity contribution in [3.05, 3.63) is 66.2 Å². The van der Waals surface area contributed by atoms with Gasteiger partial charge in [0, 0.05) is 31.0 Å². The van der Waals surface area contributed by atoms with Gasteiger partial charge in [0.2, 0.25) is 0 Å². The van der Waals surface area contributed by atoms with Crippen LogP contribution in [0.4, 0.5) is 5.69 Å². The minimum Gasteiger partial charge on any atom is -0.491 e. The molecule has 0 unspecified atom stereocenters. The summed E-state index contributed by atoms with van der Waals surface area (Å²) in [5.74, 6) is 1.12. The number of nitrogens with two attached hydrogens (primary N) is 1. The summed E-state index contributed by atoms with van der Waals surface area (Å²) in [7, 11) is 1.62. The lowest BCUT2D eigenvalue weighted by atomic mass is 10.2. The number of hydrogen-bond acceptors (Lipinski definition) is 5. The fourth-order valence-corrected chi connectivity index (χ4v) is 2.06. The summed E-state index contributed by atoms with van der Waals surface area (Å²) in [4.78, 5) is 12.4. The van der Waals surface area contributed by atoms with Crippen LogP contribution >= 0.6 is 0 Å². The van der Waals surface area contributed by atoms with E-state index in [1.54, 1.807) is 43.5 Å². The number of carbonyl (C=O) groups excluding carboxylic acids is 1. The zero-order chi connectivity index (χ0) is 18.8. The van der Waals surface area contributed by atoms with Crippen LogP contribution in [0, 0.1) is 0 Å². The number of carbonyl (C=O) groups is 1. The van der Waals surface area contributed by atoms with Gasteiger partial charge in [0.15, 0.2) is 0 Å². The zero-order valence-electron chi connectivity index (χ0n) is 14.9. The molecule has 3 N–H and O–H groups in total. The second-order valence-corrected chi connectivity index (χ2v) is 5.59. The van der Waals surface area contributed by atoms with Crippen LogP contribution in [0.3, 0.4) is 0 Å². The first-order valence-corrected chi connectivity index (χ1v) is 8.25. The SMILES string of the molecule is C=C(CN)COc1ccc(C(=O)Nc2cccc(OCCOC)c2)cc1. The number of amides is 1. The van der Waals surface area contributed by atoms with E-state index in [1.165, 1.54) is 0 Å². The monoisotopic (exact) mass is 356 g/mol. The van der Waals surface area contributed by atoms with Crippen LogP contribution in [-0.4, -0.2) is 39.4 Å². The predicted molar refractivity (Wildman–Crippen MR) is 102 cm³/mol. The molecule has 2 rings (SSSR count). The molecule has 6 heteroatoms. The van der Waals surface area contributed by atoms with Crippen molar-refractivity contribution in [1.29, 1.82) is 0 Å². The molecule has 2 aromatic rings. The number of rotatable bonds is 10. The quantitative estimate of drug-likeness (QED) is 0.505. The summed E-state index contributed by atoms with van der Waals surface area (Å²) in [6, 6.07) is 14.1. The van der Waals surface area contributed by atoms with Gasteiger partial charge in [-0.25, -0.2) is 0 Å². The third-order valence-corrected chi connectivity index (χ3v) is 3.50. The first-order chi connectivity index (χ1) is 12.6. The van der Waals surface area contributed by atoms with Crippen LogP contribution in [0.5, 0.6) is 11.5 Å². The molecule has 26 heavy (non-hydrogen) atoms. The van der Waals surface area contributed by atoms with Crippen molar-refractivity contribution in [2.75, 3.05) is 38.8 Å². The Balaban J connectivity index is 1.92. The molecule has 0 aromatic heterocycles. The maximum atomic E-state index is 12.4. The lowest BCUT2D eigenvalue weighted by molar-refractivity contribution is 0.102. The van der Waals surface area contributed by atoms with Gasteiger partial charge in [-0.3, -0.25) is 4.79 Å². The number of methoxy groups -OCH3 is 1. The van der Waals surface area contributed by atoms with Crippen LogP contribution in [0.2, 0.25) is 0 Å². The van der Waals surface area contributed by atoms with E-state index in [0.29, 0.717) is 49.1 Å². The predicted octanol–water partition coefficient (Wildman–Crippen LogP) is 2.86. The third kappa shape index (κ3) is 6.23. The summed E-state index contributed by atoms with van der Waals surface area (Å²) < 4.78 is 16.0. The topological polar surface area (TPSA) is 82.8 Å². The van der Waals surface area contributed by atoms with Gasteiger partial charge in [-0.1, -0.05) is 12.6 Å². The average Bonchev–Trinajstić information content (AvgIpc) is 2.67. The second-order valence-electron chi connectivity index (χ2n) is 5.59. The molecule has 0 radical (unpaired) electrons. The molecule has 0 aliphatic heterocycles. The minimum absolute atomic E-state index is 0.211. The average molecular weight is 356 g/mol. The molecule has 0 heterocycles. The molecular formula is C20H24N2O4. The summed E-state index contributed by atoms with van der Waals surface area (Å²) in [6.45, 7) is 5.48. The number of ether oxygens (including phenoxy) is 3. The molecule has 138 valence electrons. The van der Waals surface area contributed by atoms with Crippen LogP contribution < -0.4 is 20.5 Å². The van der Waals surface area contributed by atoms with Crippen molar-refractivity contribution < 1.29 is 19.0 Å². The first-order valence-electron chi connectivity index (χ1n) is 8.25. The summed E-state index contributed by atoms with van der Waals surface area (Å²) in [5.41, 5.74) is 7.46. The van der Waals surface area contributed by atoms with Crippen molar-refractivity contribution in [3.8, 4) is 11.5 Å². The van der Waals surface area contributed by atoms with Gasteiger partial charge >= 0.3 is 0 Å². The molecule has 0 aliphatic rings. The number of nitrogens with one attached hydrogen (secondary N) is 1. The van der Waals surface area contributed by atoms with Gasteiger partial charge < -0.3 is 25.3 Å². The molecule has 0 spiro atoms. The Morgan fingerprint density at radius 3 is 2.54 bits per heavy atom. The fourth-order valence-electron chi connectivity index (χ4n) is 2.06. The van der Waals surface area contributed by atoms with E-state index in [0.717, 1.165) is 5.57 Å². The third-order valence-electron chi connectivity index (χ3n) is 3.50. The molecule has 0 bridgehead atoms. The van der Waals surface area contributed by atoms with E-state index in [2.05, 4.69) is 11.9 Å². The smallest absolute Gasteiger partial charge is 0.255 e. The van der Waals surface area contributed by atoms with Crippen LogP contribution in [-0.2, 0) is 4.74 Å². The second kappa shape index (κ2) is 10.2. The van der Waals surface area contributed by atoms with E-state index in [-0.39, 0.29) is 5.91 Å². The van der Waals surface area contributed by atoms with Crippen molar-refractivity contribution >= 4 is 11.6 Å². The maximum absolute atomic E-state index is 12.4. The highest BCUT2D eigenvalue weighted by Gasteiger charge is 2.07. The number of anilines is 1. The van der Waals surface area contributed by atoms with E-state index >= 15 is 0 Å². The molecule has 0 saturated carbocycles. The van der Waals surface area contributed by atoms with Gasteiger partial charge in [0.05, 0.1) is 6.61 Å². The molecule has 0 saturated heterocycles. The van der Waals surface area contributed by atoms with Crippen molar-refractivity contribution in [2.45, 2.75) is 0 Å². The minimum atomic E-state index is -0.211. The van der Waals surface area contributed by atoms with Gasteiger partial charge in [-0.05, 0) is 42.0 Å². The van der Waals surface area contributed by atoms with Gasteiger partial charge in [0.25, 0.3) is 5.91 Å². The summed E-state index contributed by atoms with van der Waals surface area (Å²) in [5, 5.41) is 2.85. The van der Waals surface area contributed by atoms with Crippen molar-refractivity contribution in [3.63, 3.8) is 0 Å². The summed E-state index contributed by atoms with van der Waals surface area (Å²) >= 11 is 0. The Morgan fingerprint density at radius 1 is 1.08 bits per heavy atom. The first kappa shape index (κ1) is 19.5. The lowest BCUT2D eigenvalue weighted by Gasteiger charge is -2.10. The highest BCUT2D eigenvalue weighted by molar-refractivity contribution is 6.04. The maximum Gasteiger partial charge on any atom is 0.255 e. The fraction of sp³-hybridized carbons (Fsp3) is 0.250. The Bertz CT molecular complexity index is 729. The lowest BCUT2D eigenvalue weighted by Crippen LogP contribution is -2.12. The highest BCUT2D eigenvalue weighted by Crippen LogP contribution is 2.19. The molecule has 1 amide bonds. The van der Waals surface area contributed by atoms with E-state index < -0.39 is 0 Å². The summed E-state index contributed by atoms with van der Waals surface area (Å²) in [6.07, 6.45) is 0. The number of hydrogen-bond donors (Lipinski definition) is 2. The molecular weight excluding hydrogens is 332 g/mol. The van der Waals surface area contributed by atoms with Gasteiger partial charge in [0.1, 0.15) is 24.7 Å². The standard InChI is InChI=1S/C20H24N2O4/c1-15(13-21)14-26-18-8-6-16(7-9-18)20(23)22-17-4-3-5-19(12-17)25-11-10-24-2/h3-9,12H,1,10-11,13-14,21H2,2H3,(H,22,23). The van der Waals surface area contributed by atoms with E-state index in [9.17, 15) is 4.79 Å². The van der Waals surface area contributed by atoms with Crippen LogP contribution in [0.25, 0.3) is 0 Å². The Morgan fingerprint density at radius 2 is 1.85 bits per heavy atom. The highest BCUT2D eigenvalue weighted by atomic mass is 16.5. The zero-order valence-corrected chi connectivity index (χ0v) is 14.9. The Kier molecular flexibility index (Phi) is 7.67. The Labute approximate surface area is 153 Å². The molecule has 0 atom stereocenters. The van der Waals surface area contributed by atoms with E-state index in [1.807, 2.05) is 12.1 Å². The number of benzene rings is 2. The largest absolute Gasteiger partial charge is 0.491 e. The van der Waals surface area contributed by atoms with Gasteiger partial charge in [-0.15, -0.1) is 0 Å². The molecule has 0 fully saturated rings. The van der Waals surface area contributed by atoms with Crippen LogP contribution in [0.1, 0.15) is 10.4 Å². The Hall–Kier alpha value is -2.83. The normalized spacial score (nSPS) is 10.2. The molecule has 6 nitrogen and oxygen atoms in total. The molecule has 2 aromatic carbocycles. The van der Waals surface area contributed by atoms with Crippen molar-refractivity contribution in [2.24, 2.45) is 5.73 Å². The van der Waals surface area contributed by atoms with E-state index in [4.69, 9.17) is 19.9 Å². The molecule has 0 aliphatic carbocycles. The van der Waals surface area contributed by atoms with Gasteiger partial charge in [-0.2, -0.15) is 0 Å². The van der Waals surface area contributed by atoms with Crippen molar-refractivity contribution in [1.82, 2.24) is 0 Å².